The first-order valence-corrected chi connectivity index (χ1v) is 8.17. The summed E-state index contributed by atoms with van der Waals surface area (Å²) in [5.41, 5.74) is 5.72. The van der Waals surface area contributed by atoms with Crippen molar-refractivity contribution in [2.45, 2.75) is 65.7 Å². The van der Waals surface area contributed by atoms with E-state index in [1.54, 1.807) is 11.1 Å². The second-order valence-corrected chi connectivity index (χ2v) is 8.07. The van der Waals surface area contributed by atoms with Gasteiger partial charge in [-0.1, -0.05) is 71.4 Å². The molecular weight excluding hydrogens is 240 g/mol. The fourth-order valence-electron chi connectivity index (χ4n) is 5.41. The van der Waals surface area contributed by atoms with Crippen molar-refractivity contribution in [1.29, 1.82) is 0 Å². The Morgan fingerprint density at radius 3 is 2.25 bits per heavy atom. The predicted octanol–water partition coefficient (Wildman–Crippen LogP) is 5.97. The summed E-state index contributed by atoms with van der Waals surface area (Å²) in [4.78, 5) is 0. The maximum atomic E-state index is 2.65. The molecule has 0 amide bonds. The molecule has 20 heavy (non-hydrogen) atoms. The van der Waals surface area contributed by atoms with Gasteiger partial charge in [0.2, 0.25) is 0 Å². The lowest BCUT2D eigenvalue weighted by Crippen LogP contribution is -2.62. The van der Waals surface area contributed by atoms with Gasteiger partial charge >= 0.3 is 0 Å². The Hall–Kier alpha value is -1.04. The van der Waals surface area contributed by atoms with Crippen molar-refractivity contribution in [1.82, 2.24) is 0 Å². The summed E-state index contributed by atoms with van der Waals surface area (Å²) in [5.74, 6) is 0. The molecule has 0 bridgehead atoms. The molecule has 1 spiro atoms. The average Bonchev–Trinajstić information content (AvgIpc) is 2.73. The molecule has 2 aliphatic carbocycles. The normalized spacial score (nSPS) is 24.1. The van der Waals surface area contributed by atoms with Crippen LogP contribution in [0.5, 0.6) is 0 Å². The molecule has 0 saturated heterocycles. The fourth-order valence-corrected chi connectivity index (χ4v) is 5.41. The summed E-state index contributed by atoms with van der Waals surface area (Å²) >= 11 is 0. The highest BCUT2D eigenvalue weighted by atomic mass is 14.7. The molecule has 0 radical (unpaired) electrons. The number of rotatable bonds is 3. The molecule has 108 valence electrons. The van der Waals surface area contributed by atoms with Crippen molar-refractivity contribution < 1.29 is 0 Å². The van der Waals surface area contributed by atoms with Crippen LogP contribution < -0.4 is 0 Å². The minimum atomic E-state index is 0.250. The smallest absolute Gasteiger partial charge is 0.0246 e. The number of hydrogen-bond donors (Lipinski definition) is 0. The minimum absolute atomic E-state index is 0.250. The lowest BCUT2D eigenvalue weighted by molar-refractivity contribution is -0.0814. The first-order valence-electron chi connectivity index (χ1n) is 8.17. The van der Waals surface area contributed by atoms with E-state index in [2.05, 4.69) is 65.0 Å². The van der Waals surface area contributed by atoms with Crippen LogP contribution in [0.2, 0.25) is 0 Å². The van der Waals surface area contributed by atoms with Crippen molar-refractivity contribution in [2.24, 2.45) is 10.8 Å². The van der Waals surface area contributed by atoms with Crippen molar-refractivity contribution in [3.8, 4) is 0 Å². The molecule has 1 saturated carbocycles. The molecule has 1 aromatic carbocycles. The molecule has 0 heterocycles. The van der Waals surface area contributed by atoms with Gasteiger partial charge in [-0.2, -0.15) is 0 Å². The van der Waals surface area contributed by atoms with E-state index in [-0.39, 0.29) is 5.41 Å². The van der Waals surface area contributed by atoms with Crippen LogP contribution in [0.1, 0.15) is 71.4 Å². The lowest BCUT2D eigenvalue weighted by atomic mass is 9.37. The Bertz CT molecular complexity index is 543. The van der Waals surface area contributed by atoms with Gasteiger partial charge in [0.05, 0.1) is 0 Å². The van der Waals surface area contributed by atoms with Gasteiger partial charge in [-0.05, 0) is 46.8 Å². The zero-order valence-electron chi connectivity index (χ0n) is 13.7. The highest BCUT2D eigenvalue weighted by Gasteiger charge is 2.66. The van der Waals surface area contributed by atoms with Crippen LogP contribution in [0.15, 0.2) is 30.3 Å². The van der Waals surface area contributed by atoms with Crippen molar-refractivity contribution in [3.05, 3.63) is 41.5 Å². The number of unbranched alkanes of at least 4 members (excludes halogenated alkanes) is 1. The van der Waals surface area contributed by atoms with Gasteiger partial charge in [0.15, 0.2) is 0 Å². The third-order valence-corrected chi connectivity index (χ3v) is 5.91. The predicted molar refractivity (Wildman–Crippen MR) is 87.8 cm³/mol. The first kappa shape index (κ1) is 13.9. The van der Waals surface area contributed by atoms with E-state index in [1.807, 2.05) is 0 Å². The van der Waals surface area contributed by atoms with Gasteiger partial charge in [-0.25, -0.2) is 0 Å². The molecule has 2 aliphatic rings. The summed E-state index contributed by atoms with van der Waals surface area (Å²) in [6.45, 7) is 12.1. The van der Waals surface area contributed by atoms with Crippen LogP contribution in [0.25, 0.3) is 5.57 Å². The van der Waals surface area contributed by atoms with E-state index >= 15 is 0 Å². The van der Waals surface area contributed by atoms with Gasteiger partial charge in [-0.3, -0.25) is 0 Å². The van der Waals surface area contributed by atoms with Gasteiger partial charge in [0.1, 0.15) is 0 Å². The van der Waals surface area contributed by atoms with Crippen LogP contribution in [-0.2, 0) is 5.41 Å². The molecule has 0 N–H and O–H groups in total. The number of fused-ring (bicyclic) bond motifs is 2. The zero-order valence-corrected chi connectivity index (χ0v) is 13.7. The molecular formula is C20H28. The molecule has 0 unspecified atom stereocenters. The maximum Gasteiger partial charge on any atom is 0.0246 e. The zero-order chi connectivity index (χ0) is 14.6. The third kappa shape index (κ3) is 1.54. The van der Waals surface area contributed by atoms with Crippen molar-refractivity contribution >= 4 is 5.57 Å². The van der Waals surface area contributed by atoms with E-state index in [1.165, 1.54) is 31.2 Å². The molecule has 3 rings (SSSR count). The van der Waals surface area contributed by atoms with E-state index in [9.17, 15) is 0 Å². The summed E-state index contributed by atoms with van der Waals surface area (Å²) < 4.78 is 0. The number of benzene rings is 1. The molecule has 0 heteroatoms. The largest absolute Gasteiger partial charge is 0.0690 e. The third-order valence-electron chi connectivity index (χ3n) is 5.91. The monoisotopic (exact) mass is 268 g/mol. The Balaban J connectivity index is 2.15. The maximum absolute atomic E-state index is 2.65. The minimum Gasteiger partial charge on any atom is -0.0690 e. The summed E-state index contributed by atoms with van der Waals surface area (Å²) in [7, 11) is 0. The molecule has 1 aromatic rings. The molecule has 1 fully saturated rings. The quantitative estimate of drug-likeness (QED) is 0.633. The Kier molecular flexibility index (Phi) is 2.94. The Morgan fingerprint density at radius 1 is 1.00 bits per heavy atom. The Labute approximate surface area is 124 Å². The van der Waals surface area contributed by atoms with Crippen molar-refractivity contribution in [3.63, 3.8) is 0 Å². The van der Waals surface area contributed by atoms with Crippen LogP contribution >= 0.6 is 0 Å². The van der Waals surface area contributed by atoms with E-state index < -0.39 is 0 Å². The SMILES string of the molecule is CCCCC1=CC2(c3ccccc31)C(C)(C)CC2(C)C. The van der Waals surface area contributed by atoms with Gasteiger partial charge in [0.25, 0.3) is 0 Å². The van der Waals surface area contributed by atoms with E-state index in [0.717, 1.165) is 0 Å². The summed E-state index contributed by atoms with van der Waals surface area (Å²) in [6.07, 6.45) is 7.78. The van der Waals surface area contributed by atoms with Gasteiger partial charge in [0, 0.05) is 5.41 Å². The van der Waals surface area contributed by atoms with Crippen LogP contribution in [0, 0.1) is 10.8 Å². The first-order chi connectivity index (χ1) is 9.36. The van der Waals surface area contributed by atoms with E-state index in [4.69, 9.17) is 0 Å². The average molecular weight is 268 g/mol. The topological polar surface area (TPSA) is 0 Å². The summed E-state index contributed by atoms with van der Waals surface area (Å²) in [6, 6.07) is 9.15. The fraction of sp³-hybridized carbons (Fsp3) is 0.600. The molecule has 0 nitrogen and oxygen atoms in total. The molecule has 0 atom stereocenters. The van der Waals surface area contributed by atoms with Gasteiger partial charge in [-0.15, -0.1) is 0 Å². The number of allylic oxidation sites excluding steroid dienone is 2. The highest BCUT2D eigenvalue weighted by Crippen LogP contribution is 2.72. The van der Waals surface area contributed by atoms with Crippen LogP contribution in [0.3, 0.4) is 0 Å². The standard InChI is InChI=1S/C20H28/c1-6-7-10-15-13-20(17-12-9-8-11-16(15)17)18(2,3)14-19(20,4)5/h8-9,11-13H,6-7,10,14H2,1-5H3. The molecule has 0 aliphatic heterocycles. The lowest BCUT2D eigenvalue weighted by Gasteiger charge is -2.66. The molecule has 0 aromatic heterocycles. The second kappa shape index (κ2) is 4.23. The second-order valence-electron chi connectivity index (χ2n) is 8.07. The van der Waals surface area contributed by atoms with Crippen LogP contribution in [0.4, 0.5) is 0 Å². The number of hydrogen-bond acceptors (Lipinski definition) is 0. The van der Waals surface area contributed by atoms with E-state index in [0.29, 0.717) is 10.8 Å². The Morgan fingerprint density at radius 2 is 1.65 bits per heavy atom. The summed E-state index contributed by atoms with van der Waals surface area (Å²) in [5, 5.41) is 0. The van der Waals surface area contributed by atoms with Crippen LogP contribution in [-0.4, -0.2) is 0 Å². The van der Waals surface area contributed by atoms with Crippen molar-refractivity contribution in [2.75, 3.05) is 0 Å². The van der Waals surface area contributed by atoms with Gasteiger partial charge < -0.3 is 0 Å². The highest BCUT2D eigenvalue weighted by molar-refractivity contribution is 5.78.